The number of halogens is 1. The number of carbonyl (C=O) groups excluding carboxylic acids is 1. The van der Waals surface area contributed by atoms with Crippen molar-refractivity contribution in [1.29, 1.82) is 0 Å². The quantitative estimate of drug-likeness (QED) is 0.331. The van der Waals surface area contributed by atoms with Crippen molar-refractivity contribution in [2.45, 2.75) is 12.8 Å². The van der Waals surface area contributed by atoms with Crippen LogP contribution in [-0.4, -0.2) is 33.2 Å². The zero-order valence-electron chi connectivity index (χ0n) is 15.3. The summed E-state index contributed by atoms with van der Waals surface area (Å²) >= 11 is 7.61. The van der Waals surface area contributed by atoms with E-state index in [0.717, 1.165) is 38.1 Å². The Labute approximate surface area is 176 Å². The Morgan fingerprint density at radius 3 is 2.69 bits per heavy atom. The van der Waals surface area contributed by atoms with Crippen LogP contribution in [0.2, 0.25) is 5.02 Å². The van der Waals surface area contributed by atoms with Gasteiger partial charge in [-0.1, -0.05) is 23.7 Å². The van der Waals surface area contributed by atoms with Gasteiger partial charge in [0.25, 0.3) is 6.47 Å². The predicted octanol–water partition coefficient (Wildman–Crippen LogP) is 4.55. The van der Waals surface area contributed by atoms with Crippen LogP contribution in [0, 0.1) is 0 Å². The number of ether oxygens (including phenoxy) is 1. The Morgan fingerprint density at radius 2 is 1.93 bits per heavy atom. The minimum atomic E-state index is 0.313. The molecular weight excluding hydrogens is 408 g/mol. The topological polar surface area (TPSA) is 80.8 Å². The van der Waals surface area contributed by atoms with Gasteiger partial charge in [0.2, 0.25) is 0 Å². The van der Waals surface area contributed by atoms with E-state index in [4.69, 9.17) is 21.3 Å². The third kappa shape index (κ3) is 4.70. The number of pyridine rings is 1. The summed E-state index contributed by atoms with van der Waals surface area (Å²) in [5, 5.41) is 9.10. The normalized spacial score (nSPS) is 10.8. The number of nitrogens with one attached hydrogen (secondary N) is 1. The lowest BCUT2D eigenvalue weighted by atomic mass is 10.1. The summed E-state index contributed by atoms with van der Waals surface area (Å²) in [6.07, 6.45) is 4.77. The highest BCUT2D eigenvalue weighted by Gasteiger charge is 2.17. The van der Waals surface area contributed by atoms with Gasteiger partial charge in [-0.2, -0.15) is 5.10 Å². The first-order chi connectivity index (χ1) is 14.2. The summed E-state index contributed by atoms with van der Waals surface area (Å²) in [7, 11) is 0. The van der Waals surface area contributed by atoms with Crippen LogP contribution in [-0.2, 0) is 22.4 Å². The van der Waals surface area contributed by atoms with Crippen LogP contribution in [0.4, 0.5) is 0 Å². The van der Waals surface area contributed by atoms with Crippen LogP contribution in [0.3, 0.4) is 0 Å². The Balaban J connectivity index is 1.68. The molecule has 1 N–H and O–H groups in total. The maximum atomic E-state index is 10.3. The predicted molar refractivity (Wildman–Crippen MR) is 113 cm³/mol. The minimum absolute atomic E-state index is 0.313. The van der Waals surface area contributed by atoms with Gasteiger partial charge in [-0.05, 0) is 35.9 Å². The van der Waals surface area contributed by atoms with E-state index in [0.29, 0.717) is 30.9 Å². The minimum Gasteiger partial charge on any atom is -0.467 e. The molecule has 6 nitrogen and oxygen atoms in total. The molecule has 8 heteroatoms. The molecule has 0 unspecified atom stereocenters. The number of H-pyrrole nitrogens is 1. The largest absolute Gasteiger partial charge is 0.467 e. The van der Waals surface area contributed by atoms with Gasteiger partial charge >= 0.3 is 0 Å². The number of rotatable bonds is 8. The molecule has 0 saturated carbocycles. The van der Waals surface area contributed by atoms with Crippen LogP contribution >= 0.6 is 22.9 Å². The van der Waals surface area contributed by atoms with E-state index in [1.54, 1.807) is 23.7 Å². The Bertz CT molecular complexity index is 1090. The number of hydrogen-bond donors (Lipinski definition) is 1. The van der Waals surface area contributed by atoms with Crippen molar-refractivity contribution in [2.75, 3.05) is 6.61 Å². The highest BCUT2D eigenvalue weighted by molar-refractivity contribution is 7.18. The average Bonchev–Trinajstić information content (AvgIpc) is 3.38. The summed E-state index contributed by atoms with van der Waals surface area (Å²) < 4.78 is 4.77. The molecule has 3 heterocycles. The second-order valence-corrected chi connectivity index (χ2v) is 7.76. The zero-order chi connectivity index (χ0) is 20.1. The molecule has 0 amide bonds. The monoisotopic (exact) mass is 424 g/mol. The van der Waals surface area contributed by atoms with E-state index < -0.39 is 0 Å². The SMILES string of the molecule is O=COCCc1cc(-c2sc(-c3ccncc3)nc2Cc2ccc(Cl)cc2)n[nH]1. The lowest BCUT2D eigenvalue weighted by Gasteiger charge is -2.01. The van der Waals surface area contributed by atoms with Gasteiger partial charge in [0, 0.05) is 41.5 Å². The molecule has 0 aliphatic carbocycles. The van der Waals surface area contributed by atoms with E-state index >= 15 is 0 Å². The average molecular weight is 425 g/mol. The number of thiazole rings is 1. The van der Waals surface area contributed by atoms with Crippen LogP contribution in [0.5, 0.6) is 0 Å². The molecule has 0 aliphatic heterocycles. The van der Waals surface area contributed by atoms with E-state index in [-0.39, 0.29) is 0 Å². The number of aromatic nitrogens is 4. The lowest BCUT2D eigenvalue weighted by Crippen LogP contribution is -1.96. The summed E-state index contributed by atoms with van der Waals surface area (Å²) in [4.78, 5) is 20.3. The van der Waals surface area contributed by atoms with Gasteiger partial charge in [0.15, 0.2) is 0 Å². The molecule has 0 radical (unpaired) electrons. The fourth-order valence-electron chi connectivity index (χ4n) is 2.91. The van der Waals surface area contributed by atoms with Gasteiger partial charge in [-0.15, -0.1) is 11.3 Å². The van der Waals surface area contributed by atoms with Crippen molar-refractivity contribution >= 4 is 29.4 Å². The molecule has 3 aromatic heterocycles. The summed E-state index contributed by atoms with van der Waals surface area (Å²) in [5.41, 5.74) is 4.82. The molecule has 29 heavy (non-hydrogen) atoms. The van der Waals surface area contributed by atoms with E-state index in [1.165, 1.54) is 0 Å². The van der Waals surface area contributed by atoms with Gasteiger partial charge in [0.05, 0.1) is 17.2 Å². The standard InChI is InChI=1S/C21H17ClN4O2S/c22-16-3-1-14(2-4-16)11-18-20(19-12-17(25-26-19)7-10-28-13-27)29-21(24-18)15-5-8-23-9-6-15/h1-6,8-9,12-13H,7,10-11H2,(H,25,26). The first-order valence-electron chi connectivity index (χ1n) is 8.97. The molecule has 146 valence electrons. The molecule has 0 aliphatic rings. The second-order valence-electron chi connectivity index (χ2n) is 6.33. The smallest absolute Gasteiger partial charge is 0.293 e. The highest BCUT2D eigenvalue weighted by atomic mass is 35.5. The fraction of sp³-hybridized carbons (Fsp3) is 0.143. The van der Waals surface area contributed by atoms with Crippen LogP contribution in [0.25, 0.3) is 21.1 Å². The van der Waals surface area contributed by atoms with Crippen molar-refractivity contribution in [1.82, 2.24) is 20.2 Å². The molecule has 0 spiro atoms. The van der Waals surface area contributed by atoms with Crippen molar-refractivity contribution in [3.63, 3.8) is 0 Å². The van der Waals surface area contributed by atoms with Crippen LogP contribution < -0.4 is 0 Å². The Hall–Kier alpha value is -3.03. The number of benzene rings is 1. The maximum Gasteiger partial charge on any atom is 0.293 e. The fourth-order valence-corrected chi connectivity index (χ4v) is 4.08. The summed E-state index contributed by atoms with van der Waals surface area (Å²) in [6.45, 7) is 0.763. The Kier molecular flexibility index (Phi) is 5.97. The third-order valence-corrected chi connectivity index (χ3v) is 5.75. The van der Waals surface area contributed by atoms with Crippen molar-refractivity contribution in [2.24, 2.45) is 0 Å². The van der Waals surface area contributed by atoms with Gasteiger partial charge < -0.3 is 4.74 Å². The zero-order valence-corrected chi connectivity index (χ0v) is 16.9. The summed E-state index contributed by atoms with van der Waals surface area (Å²) in [6, 6.07) is 13.6. The van der Waals surface area contributed by atoms with Crippen molar-refractivity contribution in [3.8, 4) is 21.1 Å². The molecule has 4 aromatic rings. The highest BCUT2D eigenvalue weighted by Crippen LogP contribution is 2.36. The first-order valence-corrected chi connectivity index (χ1v) is 10.2. The lowest BCUT2D eigenvalue weighted by molar-refractivity contribution is -0.128. The maximum absolute atomic E-state index is 10.3. The van der Waals surface area contributed by atoms with E-state index in [1.807, 2.05) is 42.5 Å². The first kappa shape index (κ1) is 19.3. The molecule has 0 fully saturated rings. The molecule has 4 rings (SSSR count). The Morgan fingerprint density at radius 1 is 1.14 bits per heavy atom. The molecule has 0 atom stereocenters. The molecule has 1 aromatic carbocycles. The third-order valence-electron chi connectivity index (χ3n) is 4.33. The van der Waals surface area contributed by atoms with Gasteiger partial charge in [0.1, 0.15) is 10.7 Å². The summed E-state index contributed by atoms with van der Waals surface area (Å²) in [5.74, 6) is 0. The number of aromatic amines is 1. The number of hydrogen-bond acceptors (Lipinski definition) is 6. The van der Waals surface area contributed by atoms with Crippen molar-refractivity contribution in [3.05, 3.63) is 76.8 Å². The van der Waals surface area contributed by atoms with E-state index in [9.17, 15) is 4.79 Å². The van der Waals surface area contributed by atoms with Crippen molar-refractivity contribution < 1.29 is 9.53 Å². The molecule has 0 bridgehead atoms. The molecular formula is C21H17ClN4O2S. The van der Waals surface area contributed by atoms with Crippen LogP contribution in [0.1, 0.15) is 17.0 Å². The van der Waals surface area contributed by atoms with Crippen LogP contribution in [0.15, 0.2) is 54.9 Å². The number of carbonyl (C=O) groups is 1. The van der Waals surface area contributed by atoms with E-state index in [2.05, 4.69) is 15.2 Å². The second kappa shape index (κ2) is 8.98. The van der Waals surface area contributed by atoms with Gasteiger partial charge in [-0.3, -0.25) is 14.9 Å². The molecule has 0 saturated heterocycles. The van der Waals surface area contributed by atoms with Gasteiger partial charge in [-0.25, -0.2) is 4.98 Å². The number of nitrogens with zero attached hydrogens (tertiary/aromatic N) is 3.